The number of methoxy groups -OCH3 is 1. The van der Waals surface area contributed by atoms with Crippen molar-refractivity contribution in [2.45, 2.75) is 34.2 Å². The van der Waals surface area contributed by atoms with Gasteiger partial charge in [-0.15, -0.1) is 26.3 Å². The van der Waals surface area contributed by atoms with Gasteiger partial charge in [0.05, 0.1) is 19.0 Å². The summed E-state index contributed by atoms with van der Waals surface area (Å²) >= 11 is 0. The first-order chi connectivity index (χ1) is 19.4. The van der Waals surface area contributed by atoms with Gasteiger partial charge in [-0.05, 0) is 18.2 Å². The van der Waals surface area contributed by atoms with Crippen LogP contribution < -0.4 is 16.0 Å². The molecule has 0 aliphatic rings. The molecule has 0 aliphatic carbocycles. The molecular weight excluding hydrogens is 511 g/mol. The molecule has 4 aromatic rings. The zero-order valence-corrected chi connectivity index (χ0v) is 24.5. The number of nitrogen functional groups attached to an aromatic ring is 1. The third-order valence-electron chi connectivity index (χ3n) is 4.93. The van der Waals surface area contributed by atoms with Crippen molar-refractivity contribution in [2.75, 3.05) is 37.2 Å². The average molecular weight is 553 g/mol. The molecule has 216 valence electrons. The lowest BCUT2D eigenvalue weighted by molar-refractivity contribution is 0.180. The van der Waals surface area contributed by atoms with Crippen LogP contribution in [0, 0.1) is 5.82 Å². The van der Waals surface area contributed by atoms with E-state index in [4.69, 9.17) is 10.5 Å². The molecule has 11 heteroatoms. The number of halogens is 1. The molecule has 1 amide bonds. The first-order valence-electron chi connectivity index (χ1n) is 12.7. The predicted molar refractivity (Wildman–Crippen MR) is 164 cm³/mol. The summed E-state index contributed by atoms with van der Waals surface area (Å²) in [7, 11) is 4.42. The summed E-state index contributed by atoms with van der Waals surface area (Å²) in [6.07, 6.45) is 1.02. The maximum atomic E-state index is 14.2. The minimum absolute atomic E-state index is 0.0629. The number of rotatable bonds is 5. The van der Waals surface area contributed by atoms with E-state index < -0.39 is 6.09 Å². The van der Waals surface area contributed by atoms with Gasteiger partial charge in [-0.1, -0.05) is 45.9 Å². The van der Waals surface area contributed by atoms with E-state index >= 15 is 0 Å². The molecule has 0 radical (unpaired) electrons. The fourth-order valence-electron chi connectivity index (χ4n) is 3.38. The van der Waals surface area contributed by atoms with Crippen molar-refractivity contribution < 1.29 is 13.9 Å². The van der Waals surface area contributed by atoms with Crippen molar-refractivity contribution >= 4 is 34.4 Å². The van der Waals surface area contributed by atoms with Crippen molar-refractivity contribution in [3.63, 3.8) is 0 Å². The van der Waals surface area contributed by atoms with Gasteiger partial charge in [0.2, 0.25) is 0 Å². The Kier molecular flexibility index (Phi) is 16.2. The van der Waals surface area contributed by atoms with Crippen LogP contribution >= 0.6 is 0 Å². The summed E-state index contributed by atoms with van der Waals surface area (Å²) in [6, 6.07) is 10.1. The van der Waals surface area contributed by atoms with E-state index in [1.165, 1.54) is 25.1 Å². The Bertz CT molecular complexity index is 1340. The van der Waals surface area contributed by atoms with Crippen LogP contribution in [0.3, 0.4) is 0 Å². The second-order valence-electron chi connectivity index (χ2n) is 6.88. The van der Waals surface area contributed by atoms with E-state index in [0.29, 0.717) is 28.1 Å². The molecule has 3 aromatic heterocycles. The van der Waals surface area contributed by atoms with Crippen LogP contribution in [0.5, 0.6) is 0 Å². The summed E-state index contributed by atoms with van der Waals surface area (Å²) < 4.78 is 20.6. The molecule has 0 fully saturated rings. The minimum atomic E-state index is -0.617. The van der Waals surface area contributed by atoms with Crippen LogP contribution in [0.15, 0.2) is 68.9 Å². The van der Waals surface area contributed by atoms with Crippen LogP contribution in [-0.2, 0) is 11.3 Å². The molecule has 0 saturated carbocycles. The second-order valence-corrected chi connectivity index (χ2v) is 6.88. The quantitative estimate of drug-likeness (QED) is 0.267. The number of nitrogens with two attached hydrogens (primary N) is 1. The number of pyridine rings is 1. The van der Waals surface area contributed by atoms with Crippen LogP contribution in [0.1, 0.15) is 33.3 Å². The lowest BCUT2D eigenvalue weighted by atomic mass is 10.2. The molecule has 0 spiro atoms. The fourth-order valence-corrected chi connectivity index (χ4v) is 3.38. The number of nitrogens with one attached hydrogen (secondary N) is 1. The van der Waals surface area contributed by atoms with Gasteiger partial charge in [0.1, 0.15) is 17.2 Å². The van der Waals surface area contributed by atoms with Gasteiger partial charge in [0.25, 0.3) is 0 Å². The topological polar surface area (TPSA) is 124 Å². The van der Waals surface area contributed by atoms with Crippen LogP contribution in [-0.4, -0.2) is 52.0 Å². The Hall–Kier alpha value is -4.80. The number of benzene rings is 1. The molecular formula is C29H41FN8O2. The number of amides is 1. The lowest BCUT2D eigenvalue weighted by Gasteiger charge is -2.20. The SMILES string of the molecule is C=C.C=C.CC.CC.CNc1nc(-c2nn(Cc3ccccc3F)c3ncccc23)nc(N)c1N(C)C(=O)OC. The Morgan fingerprint density at radius 1 is 1.07 bits per heavy atom. The Balaban J connectivity index is 0.00000175. The Labute approximate surface area is 236 Å². The highest BCUT2D eigenvalue weighted by atomic mass is 19.1. The molecule has 0 saturated heterocycles. The van der Waals surface area contributed by atoms with Gasteiger partial charge in [0, 0.05) is 25.9 Å². The number of aromatic nitrogens is 5. The Morgan fingerprint density at radius 3 is 2.27 bits per heavy atom. The number of hydrogen-bond acceptors (Lipinski definition) is 8. The van der Waals surface area contributed by atoms with E-state index in [9.17, 15) is 9.18 Å². The maximum absolute atomic E-state index is 14.2. The van der Waals surface area contributed by atoms with Crippen molar-refractivity contribution in [1.82, 2.24) is 24.7 Å². The highest BCUT2D eigenvalue weighted by molar-refractivity contribution is 5.96. The third-order valence-corrected chi connectivity index (χ3v) is 4.93. The van der Waals surface area contributed by atoms with Gasteiger partial charge >= 0.3 is 6.09 Å². The molecule has 0 atom stereocenters. The zero-order valence-electron chi connectivity index (χ0n) is 24.5. The standard InChI is InChI=1S/C21H21FN8O2.2C2H6.2C2H4/c1-24-19-16(29(2)21(31)32-3)17(23)26-18(27-19)15-13-8-6-10-25-20(13)30(28-15)11-12-7-4-5-9-14(12)22;4*1-2/h4-10H,11H2,1-3H3,(H3,23,24,26,27);2*1-2H3;2*1-2H2. The molecule has 40 heavy (non-hydrogen) atoms. The number of fused-ring (bicyclic) bond motifs is 1. The van der Waals surface area contributed by atoms with E-state index in [1.54, 1.807) is 42.2 Å². The van der Waals surface area contributed by atoms with Crippen LogP contribution in [0.25, 0.3) is 22.6 Å². The number of ether oxygens (including phenoxy) is 1. The summed E-state index contributed by atoms with van der Waals surface area (Å²) in [6.45, 7) is 20.2. The number of carbonyl (C=O) groups excluding carboxylic acids is 1. The first kappa shape index (κ1) is 35.2. The number of nitrogens with zero attached hydrogens (tertiary/aromatic N) is 6. The minimum Gasteiger partial charge on any atom is -0.452 e. The van der Waals surface area contributed by atoms with E-state index in [-0.39, 0.29) is 29.7 Å². The van der Waals surface area contributed by atoms with Crippen molar-refractivity contribution in [3.8, 4) is 11.5 Å². The summed E-state index contributed by atoms with van der Waals surface area (Å²) in [5.74, 6) is 0.287. The zero-order chi connectivity index (χ0) is 30.8. The number of hydrogen-bond donors (Lipinski definition) is 2. The average Bonchev–Trinajstić information content (AvgIpc) is 3.39. The van der Waals surface area contributed by atoms with Crippen LogP contribution in [0.4, 0.5) is 26.5 Å². The molecule has 10 nitrogen and oxygen atoms in total. The number of anilines is 3. The molecule has 4 rings (SSSR count). The fraction of sp³-hybridized carbons (Fsp3) is 0.276. The summed E-state index contributed by atoms with van der Waals surface area (Å²) in [4.78, 5) is 26.5. The van der Waals surface area contributed by atoms with E-state index in [0.717, 1.165) is 0 Å². The smallest absolute Gasteiger partial charge is 0.413 e. The number of carbonyl (C=O) groups is 1. The molecule has 3 N–H and O–H groups in total. The normalized spacial score (nSPS) is 9.20. The highest BCUT2D eigenvalue weighted by Crippen LogP contribution is 2.33. The molecule has 0 aliphatic heterocycles. The molecule has 0 bridgehead atoms. The van der Waals surface area contributed by atoms with Crippen LogP contribution in [0.2, 0.25) is 0 Å². The first-order valence-corrected chi connectivity index (χ1v) is 12.7. The molecule has 3 heterocycles. The third kappa shape index (κ3) is 8.10. The van der Waals surface area contributed by atoms with E-state index in [1.807, 2.05) is 33.8 Å². The van der Waals surface area contributed by atoms with E-state index in [2.05, 4.69) is 51.7 Å². The van der Waals surface area contributed by atoms with Crippen molar-refractivity contribution in [2.24, 2.45) is 0 Å². The maximum Gasteiger partial charge on any atom is 0.413 e. The monoisotopic (exact) mass is 552 g/mol. The molecule has 0 unspecified atom stereocenters. The van der Waals surface area contributed by atoms with Gasteiger partial charge < -0.3 is 15.8 Å². The second kappa shape index (κ2) is 18.5. The van der Waals surface area contributed by atoms with Gasteiger partial charge in [-0.2, -0.15) is 5.10 Å². The Morgan fingerprint density at radius 2 is 1.70 bits per heavy atom. The van der Waals surface area contributed by atoms with Gasteiger partial charge in [-0.25, -0.2) is 28.8 Å². The van der Waals surface area contributed by atoms with Gasteiger partial charge in [-0.3, -0.25) is 4.90 Å². The van der Waals surface area contributed by atoms with Crippen molar-refractivity contribution in [3.05, 3.63) is 80.3 Å². The largest absolute Gasteiger partial charge is 0.452 e. The molecule has 1 aromatic carbocycles. The predicted octanol–water partition coefficient (Wildman–Crippen LogP) is 6.56. The highest BCUT2D eigenvalue weighted by Gasteiger charge is 2.24. The lowest BCUT2D eigenvalue weighted by Crippen LogP contribution is -2.28. The van der Waals surface area contributed by atoms with Gasteiger partial charge in [0.15, 0.2) is 23.1 Å². The van der Waals surface area contributed by atoms with Crippen molar-refractivity contribution in [1.29, 1.82) is 0 Å². The summed E-state index contributed by atoms with van der Waals surface area (Å²) in [5, 5.41) is 8.22. The summed E-state index contributed by atoms with van der Waals surface area (Å²) in [5.41, 5.74) is 7.91.